The van der Waals surface area contributed by atoms with Crippen LogP contribution in [0.4, 0.5) is 0 Å². The van der Waals surface area contributed by atoms with E-state index in [1.54, 1.807) is 0 Å². The summed E-state index contributed by atoms with van der Waals surface area (Å²) in [6, 6.07) is 0.112. The van der Waals surface area contributed by atoms with Gasteiger partial charge in [0.15, 0.2) is 0 Å². The van der Waals surface area contributed by atoms with E-state index in [1.165, 1.54) is 0 Å². The number of amides is 1. The van der Waals surface area contributed by atoms with Crippen molar-refractivity contribution in [2.75, 3.05) is 6.61 Å². The van der Waals surface area contributed by atoms with E-state index in [9.17, 15) is 4.79 Å². The molecule has 1 saturated carbocycles. The molecule has 13 heavy (non-hydrogen) atoms. The van der Waals surface area contributed by atoms with Gasteiger partial charge in [0.05, 0.1) is 5.54 Å². The third-order valence-corrected chi connectivity index (χ3v) is 2.41. The Labute approximate surface area is 78.5 Å². The van der Waals surface area contributed by atoms with E-state index in [1.807, 2.05) is 6.92 Å². The molecule has 0 heterocycles. The Hall–Kier alpha value is -0.610. The number of carbonyl (C=O) groups is 1. The van der Waals surface area contributed by atoms with E-state index < -0.39 is 5.54 Å². The minimum absolute atomic E-state index is 0.0436. The number of aliphatic hydroxyl groups is 1. The van der Waals surface area contributed by atoms with Crippen molar-refractivity contribution in [2.45, 2.75) is 44.2 Å². The van der Waals surface area contributed by atoms with Crippen molar-refractivity contribution < 1.29 is 9.90 Å². The number of rotatable bonds is 5. The molecule has 1 aliphatic carbocycles. The normalized spacial score (nSPS) is 20.8. The first-order chi connectivity index (χ1) is 6.08. The van der Waals surface area contributed by atoms with Crippen LogP contribution in [0.2, 0.25) is 0 Å². The number of nitrogens with one attached hydrogen (secondary N) is 1. The first-order valence-corrected chi connectivity index (χ1v) is 4.79. The molecule has 4 nitrogen and oxygen atoms in total. The highest BCUT2D eigenvalue weighted by molar-refractivity contribution is 5.89. The van der Waals surface area contributed by atoms with E-state index in [0.29, 0.717) is 0 Å². The van der Waals surface area contributed by atoms with E-state index in [4.69, 9.17) is 10.8 Å². The van der Waals surface area contributed by atoms with Crippen LogP contribution < -0.4 is 11.1 Å². The van der Waals surface area contributed by atoms with Crippen LogP contribution in [0.25, 0.3) is 0 Å². The quantitative estimate of drug-likeness (QED) is 0.554. The minimum Gasteiger partial charge on any atom is -0.396 e. The van der Waals surface area contributed by atoms with Crippen LogP contribution in [-0.4, -0.2) is 29.2 Å². The number of hydrogen-bond acceptors (Lipinski definition) is 3. The molecule has 1 fully saturated rings. The highest BCUT2D eigenvalue weighted by Crippen LogP contribution is 2.32. The molecule has 0 spiro atoms. The van der Waals surface area contributed by atoms with Gasteiger partial charge in [0.2, 0.25) is 5.91 Å². The van der Waals surface area contributed by atoms with Crippen LogP contribution in [-0.2, 0) is 4.79 Å². The zero-order valence-corrected chi connectivity index (χ0v) is 8.05. The van der Waals surface area contributed by atoms with Crippen LogP contribution in [0.15, 0.2) is 0 Å². The molecule has 4 heteroatoms. The fourth-order valence-corrected chi connectivity index (χ4v) is 1.20. The van der Waals surface area contributed by atoms with Crippen LogP contribution in [0, 0.1) is 0 Å². The first kappa shape index (κ1) is 10.5. The third kappa shape index (κ3) is 2.97. The molecule has 1 aliphatic rings. The third-order valence-electron chi connectivity index (χ3n) is 2.41. The molecule has 1 amide bonds. The van der Waals surface area contributed by atoms with Crippen molar-refractivity contribution in [3.05, 3.63) is 0 Å². The zero-order chi connectivity index (χ0) is 9.90. The molecule has 1 rings (SSSR count). The summed E-state index contributed by atoms with van der Waals surface area (Å²) >= 11 is 0. The second-order valence-electron chi connectivity index (χ2n) is 3.90. The van der Waals surface area contributed by atoms with E-state index in [0.717, 1.165) is 25.7 Å². The summed E-state index contributed by atoms with van der Waals surface area (Å²) < 4.78 is 0. The van der Waals surface area contributed by atoms with Crippen LogP contribution in [0.5, 0.6) is 0 Å². The summed E-state index contributed by atoms with van der Waals surface area (Å²) in [5.41, 5.74) is 5.13. The highest BCUT2D eigenvalue weighted by Gasteiger charge is 2.46. The fourth-order valence-electron chi connectivity index (χ4n) is 1.20. The maximum atomic E-state index is 11.4. The van der Waals surface area contributed by atoms with Crippen LogP contribution >= 0.6 is 0 Å². The maximum absolute atomic E-state index is 11.4. The lowest BCUT2D eigenvalue weighted by molar-refractivity contribution is -0.123. The number of aliphatic hydroxyl groups excluding tert-OH is 1. The van der Waals surface area contributed by atoms with Crippen molar-refractivity contribution in [1.82, 2.24) is 5.32 Å². The average molecular weight is 186 g/mol. The van der Waals surface area contributed by atoms with Crippen LogP contribution in [0.1, 0.15) is 32.6 Å². The Kier molecular flexibility index (Phi) is 3.27. The summed E-state index contributed by atoms with van der Waals surface area (Å²) in [6.45, 7) is 2.10. The lowest BCUT2D eigenvalue weighted by Crippen LogP contribution is -2.46. The summed E-state index contributed by atoms with van der Waals surface area (Å²) in [4.78, 5) is 11.4. The SMILES string of the molecule is CC(CCCO)NC(=O)C1(N)CC1. The molecule has 1 unspecified atom stereocenters. The van der Waals surface area contributed by atoms with Gasteiger partial charge >= 0.3 is 0 Å². The molecule has 0 aromatic rings. The van der Waals surface area contributed by atoms with Crippen molar-refractivity contribution in [3.8, 4) is 0 Å². The molecule has 0 aromatic heterocycles. The standard InChI is InChI=1S/C9H18N2O2/c1-7(3-2-6-12)11-8(13)9(10)4-5-9/h7,12H,2-6,10H2,1H3,(H,11,13). The molecule has 1 atom stereocenters. The summed E-state index contributed by atoms with van der Waals surface area (Å²) in [5.74, 6) is -0.0436. The lowest BCUT2D eigenvalue weighted by atomic mass is 10.1. The van der Waals surface area contributed by atoms with Gasteiger partial charge in [-0.3, -0.25) is 4.79 Å². The topological polar surface area (TPSA) is 75.3 Å². The van der Waals surface area contributed by atoms with Gasteiger partial charge < -0.3 is 16.2 Å². The molecule has 0 saturated heterocycles. The van der Waals surface area contributed by atoms with Gasteiger partial charge in [-0.25, -0.2) is 0 Å². The second-order valence-corrected chi connectivity index (χ2v) is 3.90. The molecule has 0 radical (unpaired) electrons. The van der Waals surface area contributed by atoms with Gasteiger partial charge in [-0.05, 0) is 32.6 Å². The van der Waals surface area contributed by atoms with Crippen molar-refractivity contribution >= 4 is 5.91 Å². The molecule has 4 N–H and O–H groups in total. The van der Waals surface area contributed by atoms with Gasteiger partial charge in [-0.15, -0.1) is 0 Å². The van der Waals surface area contributed by atoms with Crippen molar-refractivity contribution in [2.24, 2.45) is 5.73 Å². The Morgan fingerprint density at radius 1 is 1.69 bits per heavy atom. The highest BCUT2D eigenvalue weighted by atomic mass is 16.3. The van der Waals surface area contributed by atoms with Crippen molar-refractivity contribution in [1.29, 1.82) is 0 Å². The van der Waals surface area contributed by atoms with Gasteiger partial charge in [0, 0.05) is 12.6 Å². The number of hydrogen-bond donors (Lipinski definition) is 3. The van der Waals surface area contributed by atoms with Gasteiger partial charge in [0.1, 0.15) is 0 Å². The monoisotopic (exact) mass is 186 g/mol. The smallest absolute Gasteiger partial charge is 0.240 e. The van der Waals surface area contributed by atoms with Crippen LogP contribution in [0.3, 0.4) is 0 Å². The lowest BCUT2D eigenvalue weighted by Gasteiger charge is -2.16. The Morgan fingerprint density at radius 2 is 2.31 bits per heavy atom. The maximum Gasteiger partial charge on any atom is 0.240 e. The molecule has 0 aliphatic heterocycles. The predicted molar refractivity (Wildman–Crippen MR) is 50.1 cm³/mol. The minimum atomic E-state index is -0.576. The first-order valence-electron chi connectivity index (χ1n) is 4.79. The molecule has 0 bridgehead atoms. The molecular weight excluding hydrogens is 168 g/mol. The van der Waals surface area contributed by atoms with Crippen molar-refractivity contribution in [3.63, 3.8) is 0 Å². The van der Waals surface area contributed by atoms with E-state index >= 15 is 0 Å². The van der Waals surface area contributed by atoms with Gasteiger partial charge in [0.25, 0.3) is 0 Å². The average Bonchev–Trinajstić information content (AvgIpc) is 2.81. The summed E-state index contributed by atoms with van der Waals surface area (Å²) in [6.07, 6.45) is 3.12. The molecule has 76 valence electrons. The second kappa shape index (κ2) is 4.07. The van der Waals surface area contributed by atoms with Gasteiger partial charge in [-0.2, -0.15) is 0 Å². The zero-order valence-electron chi connectivity index (χ0n) is 8.05. The van der Waals surface area contributed by atoms with Gasteiger partial charge in [-0.1, -0.05) is 0 Å². The predicted octanol–water partition coefficient (Wildman–Crippen LogP) is -0.245. The largest absolute Gasteiger partial charge is 0.396 e. The fraction of sp³-hybridized carbons (Fsp3) is 0.889. The Balaban J connectivity index is 2.19. The number of carbonyl (C=O) groups excluding carboxylic acids is 1. The Morgan fingerprint density at radius 3 is 2.77 bits per heavy atom. The van der Waals surface area contributed by atoms with E-state index in [2.05, 4.69) is 5.32 Å². The Bertz CT molecular complexity index is 190. The molecule has 0 aromatic carbocycles. The van der Waals surface area contributed by atoms with E-state index in [-0.39, 0.29) is 18.6 Å². The number of nitrogens with two attached hydrogens (primary N) is 1. The summed E-state index contributed by atoms with van der Waals surface area (Å²) in [5, 5.41) is 11.4. The summed E-state index contributed by atoms with van der Waals surface area (Å²) in [7, 11) is 0. The molecular formula is C9H18N2O2.